The van der Waals surface area contributed by atoms with E-state index in [1.165, 1.54) is 6.07 Å². The second kappa shape index (κ2) is 7.50. The molecule has 0 spiro atoms. The van der Waals surface area contributed by atoms with Gasteiger partial charge in [0.2, 0.25) is 11.8 Å². The molecule has 1 aromatic carbocycles. The van der Waals surface area contributed by atoms with Gasteiger partial charge in [0, 0.05) is 19.5 Å². The molecule has 2 heterocycles. The van der Waals surface area contributed by atoms with E-state index >= 15 is 0 Å². The molecule has 3 atom stereocenters. The van der Waals surface area contributed by atoms with Crippen LogP contribution in [0.3, 0.4) is 0 Å². The highest BCUT2D eigenvalue weighted by Crippen LogP contribution is 2.45. The van der Waals surface area contributed by atoms with Crippen LogP contribution in [0.5, 0.6) is 0 Å². The third-order valence-electron chi connectivity index (χ3n) is 6.82. The van der Waals surface area contributed by atoms with Gasteiger partial charge in [-0.25, -0.2) is 8.78 Å². The van der Waals surface area contributed by atoms with Crippen LogP contribution in [0.25, 0.3) is 0 Å². The maximum Gasteiger partial charge on any atom is 0.228 e. The largest absolute Gasteiger partial charge is 0.343 e. The van der Waals surface area contributed by atoms with Crippen LogP contribution in [-0.4, -0.2) is 41.1 Å². The van der Waals surface area contributed by atoms with Crippen LogP contribution in [-0.2, 0) is 14.4 Å². The van der Waals surface area contributed by atoms with Crippen LogP contribution < -0.4 is 5.32 Å². The monoisotopic (exact) mass is 404 g/mol. The van der Waals surface area contributed by atoms with Crippen LogP contribution in [0.4, 0.5) is 8.78 Å². The Balaban J connectivity index is 1.36. The van der Waals surface area contributed by atoms with Gasteiger partial charge in [-0.2, -0.15) is 0 Å². The van der Waals surface area contributed by atoms with Gasteiger partial charge in [-0.1, -0.05) is 13.0 Å². The molecule has 1 aromatic rings. The lowest BCUT2D eigenvalue weighted by Crippen LogP contribution is -2.50. The Morgan fingerprint density at radius 1 is 1.21 bits per heavy atom. The Hall–Kier alpha value is -2.31. The van der Waals surface area contributed by atoms with Crippen LogP contribution in [0.1, 0.15) is 56.9 Å². The third-order valence-corrected chi connectivity index (χ3v) is 6.82. The predicted octanol–water partition coefficient (Wildman–Crippen LogP) is 2.93. The van der Waals surface area contributed by atoms with Crippen LogP contribution in [0.15, 0.2) is 18.2 Å². The second-order valence-corrected chi connectivity index (χ2v) is 8.78. The number of nitrogens with zero attached hydrogens (tertiary/aromatic N) is 1. The Morgan fingerprint density at radius 3 is 2.55 bits per heavy atom. The van der Waals surface area contributed by atoms with Crippen molar-refractivity contribution in [3.05, 3.63) is 35.4 Å². The molecule has 0 radical (unpaired) electrons. The summed E-state index contributed by atoms with van der Waals surface area (Å²) in [6, 6.07) is 4.02. The number of likely N-dealkylation sites (tertiary alicyclic amines) is 1. The summed E-state index contributed by atoms with van der Waals surface area (Å²) in [6.07, 6.45) is 3.01. The molecule has 0 aromatic heterocycles. The van der Waals surface area contributed by atoms with E-state index in [2.05, 4.69) is 5.32 Å². The molecule has 0 bridgehead atoms. The number of nitrogens with one attached hydrogen (secondary N) is 1. The molecule has 2 aliphatic heterocycles. The molecule has 1 aliphatic carbocycles. The van der Waals surface area contributed by atoms with Gasteiger partial charge in [-0.05, 0) is 61.1 Å². The predicted molar refractivity (Wildman–Crippen MR) is 102 cm³/mol. The summed E-state index contributed by atoms with van der Waals surface area (Å²) in [7, 11) is 0. The number of hydrogen-bond acceptors (Lipinski definition) is 3. The van der Waals surface area contributed by atoms with Crippen molar-refractivity contribution in [2.24, 2.45) is 11.8 Å². The second-order valence-electron chi connectivity index (χ2n) is 8.78. The number of carbonyl (C=O) groups is 3. The number of Topliss-reactive ketones (excluding diaryl/α,β-unsaturated/α-hetero) is 1. The van der Waals surface area contributed by atoms with Gasteiger partial charge >= 0.3 is 0 Å². The summed E-state index contributed by atoms with van der Waals surface area (Å²) in [6.45, 7) is 3.10. The minimum atomic E-state index is -0.854. The maximum atomic E-state index is 13.6. The molecule has 3 aliphatic rings. The molecule has 1 saturated carbocycles. The maximum absolute atomic E-state index is 13.6. The quantitative estimate of drug-likeness (QED) is 0.768. The number of benzene rings is 1. The fourth-order valence-corrected chi connectivity index (χ4v) is 5.05. The van der Waals surface area contributed by atoms with Gasteiger partial charge in [0.15, 0.2) is 17.4 Å². The van der Waals surface area contributed by atoms with Gasteiger partial charge in [0.25, 0.3) is 0 Å². The molecule has 2 saturated heterocycles. The topological polar surface area (TPSA) is 66.5 Å². The van der Waals surface area contributed by atoms with E-state index in [9.17, 15) is 23.2 Å². The molecule has 156 valence electrons. The molecule has 0 unspecified atom stereocenters. The number of carbonyl (C=O) groups excluding carboxylic acids is 3. The average Bonchev–Trinajstić information content (AvgIpc) is 3.48. The zero-order valence-corrected chi connectivity index (χ0v) is 16.5. The SMILES string of the molecule is C[C@H]1CN(C(=O)CC[C@@]2(C3CC3)NC(=O)CC2=O)CC[C@H]1c1ccc(F)c(F)c1. The van der Waals surface area contributed by atoms with Crippen molar-refractivity contribution >= 4 is 17.6 Å². The molecule has 2 amide bonds. The Morgan fingerprint density at radius 2 is 1.97 bits per heavy atom. The standard InChI is InChI=1S/C22H26F2N2O3/c1-13-12-26(9-7-16(13)14-2-5-17(23)18(24)10-14)21(29)6-8-22(15-3-4-15)19(27)11-20(28)25-22/h2,5,10,13,15-16H,3-4,6-9,11-12H2,1H3,(H,25,28)/t13-,16+,22-/m0/s1. The fraction of sp³-hybridized carbons (Fsp3) is 0.591. The smallest absolute Gasteiger partial charge is 0.228 e. The zero-order valence-electron chi connectivity index (χ0n) is 16.5. The first-order valence-corrected chi connectivity index (χ1v) is 10.4. The fourth-order valence-electron chi connectivity index (χ4n) is 5.05. The van der Waals surface area contributed by atoms with Crippen molar-refractivity contribution in [3.8, 4) is 0 Å². The van der Waals surface area contributed by atoms with E-state index in [4.69, 9.17) is 0 Å². The first-order chi connectivity index (χ1) is 13.8. The summed E-state index contributed by atoms with van der Waals surface area (Å²) < 4.78 is 26.8. The summed E-state index contributed by atoms with van der Waals surface area (Å²) in [4.78, 5) is 38.7. The molecular formula is C22H26F2N2O3. The normalized spacial score (nSPS) is 29.8. The minimum Gasteiger partial charge on any atom is -0.343 e. The van der Waals surface area contributed by atoms with Gasteiger partial charge < -0.3 is 10.2 Å². The number of halogens is 2. The molecule has 3 fully saturated rings. The lowest BCUT2D eigenvalue weighted by Gasteiger charge is -2.38. The first kappa shape index (κ1) is 20.0. The number of piperidine rings is 1. The van der Waals surface area contributed by atoms with Gasteiger partial charge in [0.1, 0.15) is 5.54 Å². The highest BCUT2D eigenvalue weighted by atomic mass is 19.2. The van der Waals surface area contributed by atoms with E-state index in [0.29, 0.717) is 25.9 Å². The van der Waals surface area contributed by atoms with E-state index < -0.39 is 17.2 Å². The van der Waals surface area contributed by atoms with Crippen molar-refractivity contribution in [1.82, 2.24) is 10.2 Å². The Kier molecular flexibility index (Phi) is 5.17. The van der Waals surface area contributed by atoms with Crippen molar-refractivity contribution in [2.45, 2.75) is 56.9 Å². The number of amides is 2. The molecular weight excluding hydrogens is 378 g/mol. The van der Waals surface area contributed by atoms with Gasteiger partial charge in [-0.15, -0.1) is 0 Å². The molecule has 29 heavy (non-hydrogen) atoms. The molecule has 7 heteroatoms. The number of hydrogen-bond donors (Lipinski definition) is 1. The minimum absolute atomic E-state index is 0.0189. The van der Waals surface area contributed by atoms with Crippen molar-refractivity contribution < 1.29 is 23.2 Å². The lowest BCUT2D eigenvalue weighted by atomic mass is 9.81. The summed E-state index contributed by atoms with van der Waals surface area (Å²) >= 11 is 0. The Bertz CT molecular complexity index is 854. The Labute approximate surface area is 168 Å². The van der Waals surface area contributed by atoms with Gasteiger partial charge in [-0.3, -0.25) is 14.4 Å². The molecule has 1 N–H and O–H groups in total. The van der Waals surface area contributed by atoms with E-state index in [-0.39, 0.29) is 48.2 Å². The summed E-state index contributed by atoms with van der Waals surface area (Å²) in [5, 5.41) is 2.86. The van der Waals surface area contributed by atoms with E-state index in [0.717, 1.165) is 24.5 Å². The van der Waals surface area contributed by atoms with Crippen LogP contribution in [0, 0.1) is 23.5 Å². The van der Waals surface area contributed by atoms with E-state index in [1.807, 2.05) is 6.92 Å². The van der Waals surface area contributed by atoms with E-state index in [1.54, 1.807) is 11.0 Å². The van der Waals surface area contributed by atoms with Crippen molar-refractivity contribution in [2.75, 3.05) is 13.1 Å². The molecule has 5 nitrogen and oxygen atoms in total. The molecule has 4 rings (SSSR count). The lowest BCUT2D eigenvalue weighted by molar-refractivity contribution is -0.134. The first-order valence-electron chi connectivity index (χ1n) is 10.4. The van der Waals surface area contributed by atoms with Gasteiger partial charge in [0.05, 0.1) is 6.42 Å². The average molecular weight is 404 g/mol. The van der Waals surface area contributed by atoms with Crippen molar-refractivity contribution in [3.63, 3.8) is 0 Å². The number of ketones is 1. The summed E-state index contributed by atoms with van der Waals surface area (Å²) in [5.74, 6) is -1.69. The highest BCUT2D eigenvalue weighted by molar-refractivity contribution is 6.10. The zero-order chi connectivity index (χ0) is 20.8. The van der Waals surface area contributed by atoms with Crippen LogP contribution >= 0.6 is 0 Å². The highest BCUT2D eigenvalue weighted by Gasteiger charge is 2.55. The van der Waals surface area contributed by atoms with Crippen molar-refractivity contribution in [1.29, 1.82) is 0 Å². The van der Waals surface area contributed by atoms with Crippen LogP contribution in [0.2, 0.25) is 0 Å². The third kappa shape index (κ3) is 3.79. The number of rotatable bonds is 5. The summed E-state index contributed by atoms with van der Waals surface area (Å²) in [5.41, 5.74) is -0.0852.